The zero-order valence-corrected chi connectivity index (χ0v) is 7.78. The van der Waals surface area contributed by atoms with Crippen molar-refractivity contribution >= 4 is 17.0 Å². The maximum atomic E-state index is 11.3. The van der Waals surface area contributed by atoms with E-state index in [1.165, 1.54) is 0 Å². The van der Waals surface area contributed by atoms with Crippen LogP contribution in [0.2, 0.25) is 0 Å². The van der Waals surface area contributed by atoms with Crippen molar-refractivity contribution < 1.29 is 9.53 Å². The monoisotopic (exact) mass is 190 g/mol. The molecule has 0 aliphatic rings. The number of carbonyl (C=O) groups excluding carboxylic acids is 1. The van der Waals surface area contributed by atoms with Crippen LogP contribution in [0.15, 0.2) is 24.4 Å². The first-order chi connectivity index (χ1) is 6.81. The lowest BCUT2D eigenvalue weighted by Gasteiger charge is -1.99. The quantitative estimate of drug-likeness (QED) is 0.734. The number of rotatable bonds is 2. The molecule has 4 nitrogen and oxygen atoms in total. The molecule has 0 atom stereocenters. The van der Waals surface area contributed by atoms with Gasteiger partial charge in [0.05, 0.1) is 6.61 Å². The van der Waals surface area contributed by atoms with Crippen molar-refractivity contribution in [1.82, 2.24) is 9.97 Å². The van der Waals surface area contributed by atoms with Crippen molar-refractivity contribution in [3.05, 3.63) is 30.1 Å². The van der Waals surface area contributed by atoms with Gasteiger partial charge in [0, 0.05) is 11.6 Å². The van der Waals surface area contributed by atoms with E-state index in [1.807, 2.05) is 12.1 Å². The van der Waals surface area contributed by atoms with Gasteiger partial charge in [0.15, 0.2) is 5.69 Å². The third-order valence-corrected chi connectivity index (χ3v) is 1.89. The molecule has 2 aromatic rings. The van der Waals surface area contributed by atoms with E-state index in [2.05, 4.69) is 9.97 Å². The van der Waals surface area contributed by atoms with Gasteiger partial charge < -0.3 is 9.72 Å². The fourth-order valence-corrected chi connectivity index (χ4v) is 1.25. The molecular formula is C10H10N2O2. The van der Waals surface area contributed by atoms with E-state index in [0.717, 1.165) is 5.39 Å². The van der Waals surface area contributed by atoms with E-state index in [4.69, 9.17) is 4.74 Å². The smallest absolute Gasteiger partial charge is 0.356 e. The summed E-state index contributed by atoms with van der Waals surface area (Å²) in [4.78, 5) is 18.4. The van der Waals surface area contributed by atoms with E-state index in [1.54, 1.807) is 19.2 Å². The zero-order chi connectivity index (χ0) is 9.97. The normalized spacial score (nSPS) is 10.4. The molecule has 0 amide bonds. The predicted octanol–water partition coefficient (Wildman–Crippen LogP) is 1.74. The average Bonchev–Trinajstić information content (AvgIpc) is 2.64. The van der Waals surface area contributed by atoms with Crippen LogP contribution in [0.3, 0.4) is 0 Å². The van der Waals surface area contributed by atoms with Gasteiger partial charge in [-0.25, -0.2) is 9.78 Å². The van der Waals surface area contributed by atoms with Gasteiger partial charge in [0.2, 0.25) is 0 Å². The lowest BCUT2D eigenvalue weighted by molar-refractivity contribution is 0.0520. The molecule has 2 heterocycles. The summed E-state index contributed by atoms with van der Waals surface area (Å²) in [6.45, 7) is 2.13. The number of esters is 1. The summed E-state index contributed by atoms with van der Waals surface area (Å²) in [6, 6.07) is 5.40. The van der Waals surface area contributed by atoms with E-state index in [-0.39, 0.29) is 5.97 Å². The molecule has 0 fully saturated rings. The second-order valence-electron chi connectivity index (χ2n) is 2.83. The van der Waals surface area contributed by atoms with Crippen molar-refractivity contribution in [2.45, 2.75) is 6.92 Å². The summed E-state index contributed by atoms with van der Waals surface area (Å²) in [7, 11) is 0. The van der Waals surface area contributed by atoms with Crippen LogP contribution in [0.1, 0.15) is 17.4 Å². The van der Waals surface area contributed by atoms with Gasteiger partial charge in [-0.3, -0.25) is 0 Å². The van der Waals surface area contributed by atoms with Crippen LogP contribution in [0.4, 0.5) is 0 Å². The van der Waals surface area contributed by atoms with Gasteiger partial charge in [0.1, 0.15) is 5.65 Å². The van der Waals surface area contributed by atoms with Crippen LogP contribution < -0.4 is 0 Å². The fourth-order valence-electron chi connectivity index (χ4n) is 1.25. The number of nitrogens with one attached hydrogen (secondary N) is 1. The second-order valence-corrected chi connectivity index (χ2v) is 2.83. The summed E-state index contributed by atoms with van der Waals surface area (Å²) in [5, 5.41) is 0.984. The van der Waals surface area contributed by atoms with Crippen LogP contribution in [-0.2, 0) is 4.74 Å². The minimum atomic E-state index is -0.385. The van der Waals surface area contributed by atoms with E-state index in [0.29, 0.717) is 17.9 Å². The number of fused-ring (bicyclic) bond motifs is 1. The molecule has 0 saturated heterocycles. The highest BCUT2D eigenvalue weighted by atomic mass is 16.5. The molecule has 1 N–H and O–H groups in total. The first kappa shape index (κ1) is 8.74. The first-order valence-electron chi connectivity index (χ1n) is 4.42. The Bertz CT molecular complexity index is 462. The Morgan fingerprint density at radius 2 is 2.36 bits per heavy atom. The highest BCUT2D eigenvalue weighted by molar-refractivity contribution is 5.90. The highest BCUT2D eigenvalue weighted by Crippen LogP contribution is 2.10. The zero-order valence-electron chi connectivity index (χ0n) is 7.78. The molecule has 0 aliphatic carbocycles. The Kier molecular flexibility index (Phi) is 2.18. The molecule has 2 aromatic heterocycles. The number of H-pyrrole nitrogens is 1. The van der Waals surface area contributed by atoms with Gasteiger partial charge in [-0.2, -0.15) is 0 Å². The summed E-state index contributed by atoms with van der Waals surface area (Å²) >= 11 is 0. The molecule has 4 heteroatoms. The number of nitrogens with zero attached hydrogens (tertiary/aromatic N) is 1. The van der Waals surface area contributed by atoms with E-state index >= 15 is 0 Å². The van der Waals surface area contributed by atoms with Crippen LogP contribution in [0.25, 0.3) is 11.0 Å². The SMILES string of the molecule is CCOC(=O)c1ccc2cc[nH]c2n1. The molecule has 2 rings (SSSR count). The highest BCUT2D eigenvalue weighted by Gasteiger charge is 2.08. The number of ether oxygens (including phenoxy) is 1. The lowest BCUT2D eigenvalue weighted by atomic mass is 10.3. The lowest BCUT2D eigenvalue weighted by Crippen LogP contribution is -2.06. The number of hydrogen-bond donors (Lipinski definition) is 1. The van der Waals surface area contributed by atoms with Crippen LogP contribution >= 0.6 is 0 Å². The third-order valence-electron chi connectivity index (χ3n) is 1.89. The second kappa shape index (κ2) is 3.49. The molecule has 0 saturated carbocycles. The topological polar surface area (TPSA) is 55.0 Å². The fraction of sp³-hybridized carbons (Fsp3) is 0.200. The van der Waals surface area contributed by atoms with Crippen molar-refractivity contribution in [3.8, 4) is 0 Å². The van der Waals surface area contributed by atoms with E-state index in [9.17, 15) is 4.79 Å². The molecule has 0 bridgehead atoms. The van der Waals surface area contributed by atoms with Crippen LogP contribution in [0, 0.1) is 0 Å². The first-order valence-corrected chi connectivity index (χ1v) is 4.42. The van der Waals surface area contributed by atoms with E-state index < -0.39 is 0 Å². The van der Waals surface area contributed by atoms with Gasteiger partial charge in [-0.05, 0) is 25.1 Å². The Morgan fingerprint density at radius 3 is 3.14 bits per heavy atom. The molecule has 0 aromatic carbocycles. The minimum Gasteiger partial charge on any atom is -0.461 e. The number of carbonyl (C=O) groups is 1. The minimum absolute atomic E-state index is 0.335. The largest absolute Gasteiger partial charge is 0.461 e. The van der Waals surface area contributed by atoms with Crippen molar-refractivity contribution in [3.63, 3.8) is 0 Å². The van der Waals surface area contributed by atoms with Crippen molar-refractivity contribution in [2.75, 3.05) is 6.61 Å². The molecule has 0 aliphatic heterocycles. The van der Waals surface area contributed by atoms with Crippen molar-refractivity contribution in [1.29, 1.82) is 0 Å². The standard InChI is InChI=1S/C10H10N2O2/c1-2-14-10(13)8-4-3-7-5-6-11-9(7)12-8/h3-6H,2H2,1H3,(H,11,12). The Morgan fingerprint density at radius 1 is 1.50 bits per heavy atom. The van der Waals surface area contributed by atoms with Crippen LogP contribution in [0.5, 0.6) is 0 Å². The summed E-state index contributed by atoms with van der Waals surface area (Å²) in [6.07, 6.45) is 1.78. The molecule has 0 radical (unpaired) electrons. The van der Waals surface area contributed by atoms with Gasteiger partial charge in [-0.1, -0.05) is 0 Å². The molecule has 14 heavy (non-hydrogen) atoms. The maximum Gasteiger partial charge on any atom is 0.356 e. The molecule has 72 valence electrons. The summed E-state index contributed by atoms with van der Waals surface area (Å²) in [5.74, 6) is -0.385. The third kappa shape index (κ3) is 1.46. The Labute approximate surface area is 80.9 Å². The number of aromatic nitrogens is 2. The van der Waals surface area contributed by atoms with Gasteiger partial charge in [0.25, 0.3) is 0 Å². The molecule has 0 spiro atoms. The molecule has 0 unspecified atom stereocenters. The van der Waals surface area contributed by atoms with Gasteiger partial charge in [-0.15, -0.1) is 0 Å². The average molecular weight is 190 g/mol. The number of pyridine rings is 1. The molecular weight excluding hydrogens is 180 g/mol. The van der Waals surface area contributed by atoms with Crippen LogP contribution in [-0.4, -0.2) is 22.5 Å². The Hall–Kier alpha value is -1.84. The predicted molar refractivity (Wildman–Crippen MR) is 52.1 cm³/mol. The maximum absolute atomic E-state index is 11.3. The Balaban J connectivity index is 2.38. The number of aromatic amines is 1. The summed E-state index contributed by atoms with van der Waals surface area (Å²) < 4.78 is 4.84. The van der Waals surface area contributed by atoms with Crippen molar-refractivity contribution in [2.24, 2.45) is 0 Å². The summed E-state index contributed by atoms with van der Waals surface area (Å²) in [5.41, 5.74) is 1.04. The van der Waals surface area contributed by atoms with Gasteiger partial charge >= 0.3 is 5.97 Å². The number of hydrogen-bond acceptors (Lipinski definition) is 3.